The van der Waals surface area contributed by atoms with Gasteiger partial charge in [0.25, 0.3) is 0 Å². The highest BCUT2D eigenvalue weighted by atomic mass is 16.6. The molecule has 0 fully saturated rings. The lowest BCUT2D eigenvalue weighted by Gasteiger charge is -2.03. The Morgan fingerprint density at radius 1 is 1.44 bits per heavy atom. The lowest BCUT2D eigenvalue weighted by molar-refractivity contribution is -0.428. The normalized spacial score (nSPS) is 12.4. The average molecular weight is 227 g/mol. The topological polar surface area (TPSA) is 69.4 Å². The fourth-order valence-electron chi connectivity index (χ4n) is 1.34. The number of carbonyl (C=O) groups is 1. The van der Waals surface area contributed by atoms with Crippen LogP contribution >= 0.6 is 0 Å². The molecule has 90 valence electrons. The van der Waals surface area contributed by atoms with Gasteiger partial charge in [0.15, 0.2) is 0 Å². The van der Waals surface area contributed by atoms with E-state index in [4.69, 9.17) is 0 Å². The Kier molecular flexibility index (Phi) is 6.83. The molecule has 0 aromatic carbocycles. The lowest BCUT2D eigenvalue weighted by atomic mass is 10.1. The number of ether oxygens (including phenoxy) is 1. The van der Waals surface area contributed by atoms with Crippen molar-refractivity contribution in [1.82, 2.24) is 0 Å². The van der Waals surface area contributed by atoms with Crippen LogP contribution in [0, 0.1) is 10.1 Å². The molecule has 0 rings (SSSR count). The second kappa shape index (κ2) is 7.62. The van der Waals surface area contributed by atoms with E-state index < -0.39 is 4.92 Å². The molecule has 0 heterocycles. The Morgan fingerprint density at radius 3 is 2.44 bits per heavy atom. The summed E-state index contributed by atoms with van der Waals surface area (Å²) in [5.74, 6) is -0.360. The second-order valence-corrected chi connectivity index (χ2v) is 3.16. The molecule has 0 aromatic heterocycles. The van der Waals surface area contributed by atoms with Gasteiger partial charge in [-0.3, -0.25) is 14.9 Å². The molecular weight excluding hydrogens is 210 g/mol. The molecule has 5 heteroatoms. The molecule has 0 radical (unpaired) electrons. The molecule has 0 saturated carbocycles. The van der Waals surface area contributed by atoms with Gasteiger partial charge in [0, 0.05) is 18.4 Å². The van der Waals surface area contributed by atoms with E-state index in [1.54, 1.807) is 26.0 Å². The molecule has 0 aliphatic rings. The zero-order valence-corrected chi connectivity index (χ0v) is 9.86. The van der Waals surface area contributed by atoms with Crippen LogP contribution in [0.25, 0.3) is 0 Å². The van der Waals surface area contributed by atoms with Crippen LogP contribution in [0.15, 0.2) is 23.4 Å². The molecule has 0 saturated heterocycles. The Bertz CT molecular complexity index is 318. The van der Waals surface area contributed by atoms with E-state index in [0.29, 0.717) is 18.4 Å². The van der Waals surface area contributed by atoms with Crippen LogP contribution in [-0.2, 0) is 9.53 Å². The van der Waals surface area contributed by atoms with Crippen molar-refractivity contribution in [3.8, 4) is 0 Å². The number of hydrogen-bond acceptors (Lipinski definition) is 4. The molecule has 0 bridgehead atoms. The van der Waals surface area contributed by atoms with Gasteiger partial charge in [-0.25, -0.2) is 0 Å². The molecule has 0 N–H and O–H groups in total. The van der Waals surface area contributed by atoms with E-state index in [9.17, 15) is 14.9 Å². The van der Waals surface area contributed by atoms with Gasteiger partial charge in [-0.15, -0.1) is 0 Å². The van der Waals surface area contributed by atoms with Gasteiger partial charge in [0.05, 0.1) is 12.0 Å². The number of hydrogen-bond donors (Lipinski definition) is 0. The standard InChI is InChI=1S/C11H17NO4/c1-4-6-9(7-8-11(13)16-3)10(5-2)12(14)15/h4,6H,5,7-8H2,1-3H3/b6-4-,10-9-. The molecule has 0 spiro atoms. The van der Waals surface area contributed by atoms with Gasteiger partial charge in [0.1, 0.15) is 0 Å². The second-order valence-electron chi connectivity index (χ2n) is 3.16. The van der Waals surface area contributed by atoms with Crippen molar-refractivity contribution in [3.63, 3.8) is 0 Å². The summed E-state index contributed by atoms with van der Waals surface area (Å²) in [4.78, 5) is 21.3. The zero-order valence-electron chi connectivity index (χ0n) is 9.86. The highest BCUT2D eigenvalue weighted by molar-refractivity contribution is 5.69. The lowest BCUT2D eigenvalue weighted by Crippen LogP contribution is -2.05. The maximum absolute atomic E-state index is 11.0. The Labute approximate surface area is 94.9 Å². The predicted molar refractivity (Wildman–Crippen MR) is 60.4 cm³/mol. The molecule has 5 nitrogen and oxygen atoms in total. The predicted octanol–water partition coefficient (Wildman–Crippen LogP) is 2.46. The van der Waals surface area contributed by atoms with E-state index in [0.717, 1.165) is 0 Å². The van der Waals surface area contributed by atoms with Crippen molar-refractivity contribution < 1.29 is 14.5 Å². The molecule has 0 aliphatic carbocycles. The highest BCUT2D eigenvalue weighted by Crippen LogP contribution is 2.17. The third-order valence-electron chi connectivity index (χ3n) is 2.12. The number of esters is 1. The largest absolute Gasteiger partial charge is 0.469 e. The Morgan fingerprint density at radius 2 is 2.06 bits per heavy atom. The van der Waals surface area contributed by atoms with Crippen molar-refractivity contribution in [3.05, 3.63) is 33.5 Å². The van der Waals surface area contributed by atoms with Gasteiger partial charge in [-0.1, -0.05) is 19.1 Å². The Balaban J connectivity index is 4.84. The summed E-state index contributed by atoms with van der Waals surface area (Å²) in [5.41, 5.74) is 0.738. The van der Waals surface area contributed by atoms with Crippen molar-refractivity contribution in [2.45, 2.75) is 33.1 Å². The smallest absolute Gasteiger partial charge is 0.305 e. The fourth-order valence-corrected chi connectivity index (χ4v) is 1.34. The molecule has 16 heavy (non-hydrogen) atoms. The van der Waals surface area contributed by atoms with Gasteiger partial charge in [-0.05, 0) is 13.3 Å². The molecule has 0 unspecified atom stereocenters. The van der Waals surface area contributed by atoms with E-state index in [1.807, 2.05) is 0 Å². The number of methoxy groups -OCH3 is 1. The summed E-state index contributed by atoms with van der Waals surface area (Å²) in [5, 5.41) is 10.8. The van der Waals surface area contributed by atoms with E-state index in [-0.39, 0.29) is 18.1 Å². The average Bonchev–Trinajstić information content (AvgIpc) is 2.25. The summed E-state index contributed by atoms with van der Waals surface area (Å²) in [6.07, 6.45) is 4.23. The number of nitro groups is 1. The third kappa shape index (κ3) is 4.72. The summed E-state index contributed by atoms with van der Waals surface area (Å²) >= 11 is 0. The van der Waals surface area contributed by atoms with Gasteiger partial charge in [-0.2, -0.15) is 0 Å². The number of rotatable bonds is 6. The first-order chi connectivity index (χ1) is 7.56. The molecular formula is C11H17NO4. The van der Waals surface area contributed by atoms with Crippen molar-refractivity contribution >= 4 is 5.97 Å². The quantitative estimate of drug-likeness (QED) is 0.302. The van der Waals surface area contributed by atoms with Gasteiger partial charge in [0.2, 0.25) is 5.70 Å². The monoisotopic (exact) mass is 227 g/mol. The maximum atomic E-state index is 11.0. The van der Waals surface area contributed by atoms with Crippen LogP contribution in [0.1, 0.15) is 33.1 Å². The molecule has 0 aromatic rings. The molecule has 0 aliphatic heterocycles. The van der Waals surface area contributed by atoms with Gasteiger partial charge >= 0.3 is 5.97 Å². The minimum atomic E-state index is -0.396. The first kappa shape index (κ1) is 14.3. The van der Waals surface area contributed by atoms with Crippen LogP contribution < -0.4 is 0 Å². The summed E-state index contributed by atoms with van der Waals surface area (Å²) in [6, 6.07) is 0. The zero-order chi connectivity index (χ0) is 12.6. The van der Waals surface area contributed by atoms with Crippen LogP contribution in [0.5, 0.6) is 0 Å². The number of nitrogens with zero attached hydrogens (tertiary/aromatic N) is 1. The third-order valence-corrected chi connectivity index (χ3v) is 2.12. The summed E-state index contributed by atoms with van der Waals surface area (Å²) in [7, 11) is 1.30. The first-order valence-corrected chi connectivity index (χ1v) is 5.12. The van der Waals surface area contributed by atoms with Crippen LogP contribution in [-0.4, -0.2) is 18.0 Å². The van der Waals surface area contributed by atoms with Crippen molar-refractivity contribution in [1.29, 1.82) is 0 Å². The van der Waals surface area contributed by atoms with E-state index in [1.165, 1.54) is 7.11 Å². The number of allylic oxidation sites excluding steroid dienone is 4. The van der Waals surface area contributed by atoms with Crippen molar-refractivity contribution in [2.24, 2.45) is 0 Å². The summed E-state index contributed by atoms with van der Waals surface area (Å²) in [6.45, 7) is 3.51. The SMILES string of the molecule is C/C=C\C(CCC(=O)OC)=C(/CC)[N+](=O)[O-]. The fraction of sp³-hybridized carbons (Fsp3) is 0.545. The summed E-state index contributed by atoms with van der Waals surface area (Å²) < 4.78 is 4.50. The molecule has 0 atom stereocenters. The molecule has 0 amide bonds. The minimum Gasteiger partial charge on any atom is -0.469 e. The van der Waals surface area contributed by atoms with Crippen molar-refractivity contribution in [2.75, 3.05) is 7.11 Å². The van der Waals surface area contributed by atoms with E-state index >= 15 is 0 Å². The maximum Gasteiger partial charge on any atom is 0.305 e. The highest BCUT2D eigenvalue weighted by Gasteiger charge is 2.15. The number of carbonyl (C=O) groups excluding carboxylic acids is 1. The van der Waals surface area contributed by atoms with E-state index in [2.05, 4.69) is 4.74 Å². The van der Waals surface area contributed by atoms with Crippen LogP contribution in [0.4, 0.5) is 0 Å². The minimum absolute atomic E-state index is 0.155. The Hall–Kier alpha value is -1.65. The van der Waals surface area contributed by atoms with Crippen LogP contribution in [0.3, 0.4) is 0 Å². The van der Waals surface area contributed by atoms with Gasteiger partial charge < -0.3 is 4.74 Å². The first-order valence-electron chi connectivity index (χ1n) is 5.12. The van der Waals surface area contributed by atoms with Crippen LogP contribution in [0.2, 0.25) is 0 Å².